The first-order valence-corrected chi connectivity index (χ1v) is 8.36. The van der Waals surface area contributed by atoms with Crippen molar-refractivity contribution in [3.8, 4) is 11.5 Å². The molecule has 25 heavy (non-hydrogen) atoms. The number of hydrogen-bond acceptors (Lipinski definition) is 7. The third-order valence-corrected chi connectivity index (χ3v) is 4.10. The molecule has 2 aromatic heterocycles. The molecule has 0 amide bonds. The molecule has 128 valence electrons. The number of halogens is 1. The van der Waals surface area contributed by atoms with Crippen LogP contribution in [0.4, 0.5) is 16.0 Å². The molecular formula is C17H18FN7. The Labute approximate surface area is 144 Å². The van der Waals surface area contributed by atoms with Gasteiger partial charge in [0.25, 0.3) is 0 Å². The van der Waals surface area contributed by atoms with Gasteiger partial charge in [-0.3, -0.25) is 15.0 Å². The molecule has 7 nitrogen and oxygen atoms in total. The zero-order chi connectivity index (χ0) is 17.1. The minimum atomic E-state index is -0.469. The predicted octanol–water partition coefficient (Wildman–Crippen LogP) is 2.17. The fourth-order valence-electron chi connectivity index (χ4n) is 2.88. The van der Waals surface area contributed by atoms with Crippen LogP contribution in [-0.4, -0.2) is 53.2 Å². The molecule has 8 heteroatoms. The number of rotatable bonds is 3. The van der Waals surface area contributed by atoms with Crippen LogP contribution < -0.4 is 10.2 Å². The lowest BCUT2D eigenvalue weighted by Gasteiger charge is -2.19. The van der Waals surface area contributed by atoms with Crippen molar-refractivity contribution in [2.75, 3.05) is 36.4 Å². The fraction of sp³-hybridized carbons (Fsp3) is 0.353. The number of anilines is 2. The SMILES string of the molecule is Fc1c(NC2=NCCN=C2)nc(-c2ccccn2)nc1N1CCCC1. The summed E-state index contributed by atoms with van der Waals surface area (Å²) in [5.74, 6) is 0.833. The largest absolute Gasteiger partial charge is 0.354 e. The Morgan fingerprint density at radius 2 is 1.96 bits per heavy atom. The van der Waals surface area contributed by atoms with Gasteiger partial charge in [-0.05, 0) is 25.0 Å². The third-order valence-electron chi connectivity index (χ3n) is 4.10. The molecule has 4 rings (SSSR count). The monoisotopic (exact) mass is 339 g/mol. The van der Waals surface area contributed by atoms with E-state index in [4.69, 9.17) is 0 Å². The molecule has 0 atom stereocenters. The topological polar surface area (TPSA) is 78.7 Å². The van der Waals surface area contributed by atoms with E-state index in [-0.39, 0.29) is 5.82 Å². The Morgan fingerprint density at radius 3 is 2.68 bits per heavy atom. The number of nitrogens with one attached hydrogen (secondary N) is 1. The Hall–Kier alpha value is -2.90. The molecule has 1 N–H and O–H groups in total. The molecule has 0 saturated carbocycles. The summed E-state index contributed by atoms with van der Waals surface area (Å²) in [5.41, 5.74) is 0.602. The summed E-state index contributed by atoms with van der Waals surface area (Å²) in [4.78, 5) is 23.5. The highest BCUT2D eigenvalue weighted by Crippen LogP contribution is 2.28. The first kappa shape index (κ1) is 15.6. The molecule has 0 radical (unpaired) electrons. The van der Waals surface area contributed by atoms with Crippen LogP contribution in [0, 0.1) is 5.82 Å². The van der Waals surface area contributed by atoms with Crippen molar-refractivity contribution in [1.29, 1.82) is 0 Å². The van der Waals surface area contributed by atoms with E-state index >= 15 is 4.39 Å². The summed E-state index contributed by atoms with van der Waals surface area (Å²) in [5, 5.41) is 2.94. The Morgan fingerprint density at radius 1 is 1.08 bits per heavy atom. The second kappa shape index (κ2) is 6.92. The van der Waals surface area contributed by atoms with E-state index in [1.165, 1.54) is 0 Å². The van der Waals surface area contributed by atoms with Crippen molar-refractivity contribution in [2.24, 2.45) is 9.98 Å². The maximum atomic E-state index is 15.0. The number of aliphatic imine (C=N–C) groups is 2. The van der Waals surface area contributed by atoms with Crippen LogP contribution in [0.15, 0.2) is 34.4 Å². The van der Waals surface area contributed by atoms with Gasteiger partial charge in [0, 0.05) is 19.3 Å². The van der Waals surface area contributed by atoms with Crippen LogP contribution >= 0.6 is 0 Å². The van der Waals surface area contributed by atoms with Crippen molar-refractivity contribution >= 4 is 23.7 Å². The molecule has 2 aliphatic heterocycles. The van der Waals surface area contributed by atoms with Gasteiger partial charge in [-0.2, -0.15) is 4.39 Å². The third kappa shape index (κ3) is 3.33. The van der Waals surface area contributed by atoms with Crippen LogP contribution in [0.5, 0.6) is 0 Å². The van der Waals surface area contributed by atoms with E-state index in [0.29, 0.717) is 36.3 Å². The number of aromatic nitrogens is 3. The van der Waals surface area contributed by atoms with Gasteiger partial charge in [0.1, 0.15) is 11.5 Å². The predicted molar refractivity (Wildman–Crippen MR) is 96.0 cm³/mol. The summed E-state index contributed by atoms with van der Waals surface area (Å²) in [6, 6.07) is 5.49. The van der Waals surface area contributed by atoms with Crippen molar-refractivity contribution in [3.63, 3.8) is 0 Å². The molecule has 0 aliphatic carbocycles. The van der Waals surface area contributed by atoms with Gasteiger partial charge in [0.05, 0.1) is 19.3 Å². The fourth-order valence-corrected chi connectivity index (χ4v) is 2.88. The second-order valence-corrected chi connectivity index (χ2v) is 5.87. The highest BCUT2D eigenvalue weighted by atomic mass is 19.1. The van der Waals surface area contributed by atoms with Gasteiger partial charge >= 0.3 is 0 Å². The lowest BCUT2D eigenvalue weighted by molar-refractivity contribution is 0.614. The van der Waals surface area contributed by atoms with Gasteiger partial charge in [-0.1, -0.05) is 6.07 Å². The van der Waals surface area contributed by atoms with E-state index < -0.39 is 5.82 Å². The number of hydrogen-bond donors (Lipinski definition) is 1. The van der Waals surface area contributed by atoms with E-state index in [2.05, 4.69) is 30.3 Å². The van der Waals surface area contributed by atoms with Gasteiger partial charge in [-0.15, -0.1) is 0 Å². The van der Waals surface area contributed by atoms with Crippen LogP contribution in [0.25, 0.3) is 11.5 Å². The molecule has 0 unspecified atom stereocenters. The van der Waals surface area contributed by atoms with Crippen molar-refractivity contribution in [3.05, 3.63) is 30.2 Å². The lowest BCUT2D eigenvalue weighted by atomic mass is 10.3. The average molecular weight is 339 g/mol. The van der Waals surface area contributed by atoms with Crippen molar-refractivity contribution in [1.82, 2.24) is 15.0 Å². The van der Waals surface area contributed by atoms with Crippen LogP contribution in [0.3, 0.4) is 0 Å². The van der Waals surface area contributed by atoms with E-state index in [1.807, 2.05) is 23.1 Å². The Bertz CT molecular complexity index is 813. The molecule has 0 aromatic carbocycles. The molecule has 1 saturated heterocycles. The minimum absolute atomic E-state index is 0.102. The lowest BCUT2D eigenvalue weighted by Crippen LogP contribution is -2.24. The van der Waals surface area contributed by atoms with Crippen molar-refractivity contribution in [2.45, 2.75) is 12.8 Å². The molecule has 2 aliphatic rings. The molecule has 0 spiro atoms. The first-order valence-electron chi connectivity index (χ1n) is 8.36. The second-order valence-electron chi connectivity index (χ2n) is 5.87. The van der Waals surface area contributed by atoms with Gasteiger partial charge in [0.15, 0.2) is 17.5 Å². The van der Waals surface area contributed by atoms with E-state index in [0.717, 1.165) is 25.9 Å². The summed E-state index contributed by atoms with van der Waals surface area (Å²) in [7, 11) is 0. The van der Waals surface area contributed by atoms with Crippen molar-refractivity contribution < 1.29 is 4.39 Å². The number of pyridine rings is 1. The highest BCUT2D eigenvalue weighted by molar-refractivity contribution is 6.35. The number of amidine groups is 1. The summed E-state index contributed by atoms with van der Waals surface area (Å²) >= 11 is 0. The Balaban J connectivity index is 1.77. The summed E-state index contributed by atoms with van der Waals surface area (Å²) in [6.45, 7) is 2.81. The standard InChI is InChI=1S/C17H18FN7/c18-14-16(22-13-11-19-7-8-21-13)23-15(12-5-1-2-6-20-12)24-17(14)25-9-3-4-10-25/h1-2,5-6,11H,3-4,7-10H2,(H,21,22,23,24). The minimum Gasteiger partial charge on any atom is -0.354 e. The average Bonchev–Trinajstić information content (AvgIpc) is 3.19. The molecule has 1 fully saturated rings. The van der Waals surface area contributed by atoms with Gasteiger partial charge in [0.2, 0.25) is 5.82 Å². The first-order chi connectivity index (χ1) is 12.3. The van der Waals surface area contributed by atoms with Crippen LogP contribution in [-0.2, 0) is 0 Å². The van der Waals surface area contributed by atoms with E-state index in [9.17, 15) is 0 Å². The number of nitrogens with zero attached hydrogens (tertiary/aromatic N) is 6. The maximum Gasteiger partial charge on any atom is 0.208 e. The zero-order valence-electron chi connectivity index (χ0n) is 13.7. The molecule has 2 aromatic rings. The summed E-state index contributed by atoms with van der Waals surface area (Å²) < 4.78 is 15.0. The maximum absolute atomic E-state index is 15.0. The van der Waals surface area contributed by atoms with Crippen LogP contribution in [0.2, 0.25) is 0 Å². The normalized spacial score (nSPS) is 16.8. The molecule has 0 bridgehead atoms. The van der Waals surface area contributed by atoms with Crippen LogP contribution in [0.1, 0.15) is 12.8 Å². The van der Waals surface area contributed by atoms with Gasteiger partial charge < -0.3 is 10.2 Å². The quantitative estimate of drug-likeness (QED) is 0.927. The molecular weight excluding hydrogens is 321 g/mol. The van der Waals surface area contributed by atoms with Gasteiger partial charge in [-0.25, -0.2) is 9.97 Å². The zero-order valence-corrected chi connectivity index (χ0v) is 13.7. The highest BCUT2D eigenvalue weighted by Gasteiger charge is 2.23. The Kier molecular flexibility index (Phi) is 4.32. The smallest absolute Gasteiger partial charge is 0.208 e. The molecule has 4 heterocycles. The summed E-state index contributed by atoms with van der Waals surface area (Å²) in [6.07, 6.45) is 5.33. The van der Waals surface area contributed by atoms with E-state index in [1.54, 1.807) is 12.4 Å².